The summed E-state index contributed by atoms with van der Waals surface area (Å²) in [5.41, 5.74) is 23.5. The Morgan fingerprint density at radius 2 is 0.597 bits per heavy atom. The van der Waals surface area contributed by atoms with E-state index in [9.17, 15) is 0 Å². The first-order chi connectivity index (χ1) is 38.2. The van der Waals surface area contributed by atoms with Gasteiger partial charge in [0.25, 0.3) is 0 Å². The molecule has 0 aliphatic heterocycles. The van der Waals surface area contributed by atoms with Gasteiger partial charge < -0.3 is 18.6 Å². The number of hydrogen-bond donors (Lipinski definition) is 0. The maximum Gasteiger partial charge on any atom is 0.159 e. The molecule has 77 heavy (non-hydrogen) atoms. The first kappa shape index (κ1) is 43.3. The van der Waals surface area contributed by atoms with Crippen LogP contribution in [0.25, 0.3) is 88.4 Å². The van der Waals surface area contributed by atoms with Crippen molar-refractivity contribution in [3.05, 3.63) is 301 Å². The number of hydrogen-bond acceptors (Lipinski definition) is 4. The van der Waals surface area contributed by atoms with Crippen LogP contribution in [0.1, 0.15) is 22.3 Å². The lowest BCUT2D eigenvalue weighted by Gasteiger charge is -2.31. The molecule has 0 fully saturated rings. The van der Waals surface area contributed by atoms with Gasteiger partial charge in [-0.25, -0.2) is 0 Å². The van der Waals surface area contributed by atoms with Gasteiger partial charge in [0.05, 0.1) is 16.8 Å². The van der Waals surface area contributed by atoms with Crippen molar-refractivity contribution in [3.63, 3.8) is 0 Å². The van der Waals surface area contributed by atoms with Crippen LogP contribution in [0.15, 0.2) is 288 Å². The Balaban J connectivity index is 0.951. The summed E-state index contributed by atoms with van der Waals surface area (Å²) in [7, 11) is 0. The van der Waals surface area contributed by atoms with Gasteiger partial charge in [0.15, 0.2) is 11.2 Å². The maximum absolute atomic E-state index is 6.86. The Bertz CT molecular complexity index is 4330. The molecule has 4 heteroatoms. The van der Waals surface area contributed by atoms with Gasteiger partial charge in [-0.3, -0.25) is 0 Å². The zero-order valence-corrected chi connectivity index (χ0v) is 41.8. The van der Waals surface area contributed by atoms with Gasteiger partial charge >= 0.3 is 0 Å². The summed E-state index contributed by atoms with van der Waals surface area (Å²) in [4.78, 5) is 4.77. The highest BCUT2D eigenvalue weighted by molar-refractivity contribution is 6.12. The van der Waals surface area contributed by atoms with Crippen LogP contribution in [-0.4, -0.2) is 0 Å². The summed E-state index contributed by atoms with van der Waals surface area (Å²) < 4.78 is 13.7. The minimum Gasteiger partial charge on any atom is -0.454 e. The third kappa shape index (κ3) is 6.46. The second-order valence-electron chi connectivity index (χ2n) is 20.3. The molecule has 0 saturated carbocycles. The fraction of sp³-hybridized carbons (Fsp3) is 0.0137. The fourth-order valence-electron chi connectivity index (χ4n) is 12.9. The van der Waals surface area contributed by atoms with E-state index in [4.69, 9.17) is 8.83 Å². The largest absolute Gasteiger partial charge is 0.454 e. The number of fused-ring (bicyclic) bond motifs is 16. The molecule has 0 radical (unpaired) electrons. The zero-order chi connectivity index (χ0) is 50.6. The van der Waals surface area contributed by atoms with E-state index < -0.39 is 5.41 Å². The average Bonchev–Trinajstić information content (AvgIpc) is 4.25. The molecule has 2 aliphatic carbocycles. The molecule has 2 aliphatic rings. The van der Waals surface area contributed by atoms with Crippen molar-refractivity contribution in [3.8, 4) is 44.5 Å². The summed E-state index contributed by atoms with van der Waals surface area (Å²) in [6.45, 7) is 0. The lowest BCUT2D eigenvalue weighted by atomic mass is 9.70. The minimum atomic E-state index is -0.573. The van der Waals surface area contributed by atoms with E-state index in [2.05, 4.69) is 277 Å². The topological polar surface area (TPSA) is 32.8 Å². The molecule has 0 N–H and O–H groups in total. The monoisotopic (exact) mass is 982 g/mol. The first-order valence-corrected chi connectivity index (χ1v) is 26.4. The smallest absolute Gasteiger partial charge is 0.159 e. The second-order valence-corrected chi connectivity index (χ2v) is 20.3. The lowest BCUT2D eigenvalue weighted by Crippen LogP contribution is -2.26. The molecule has 16 rings (SSSR count). The fourth-order valence-corrected chi connectivity index (χ4v) is 12.9. The molecule has 360 valence electrons. The number of rotatable bonds is 8. The van der Waals surface area contributed by atoms with E-state index in [1.807, 2.05) is 12.1 Å². The molecule has 0 amide bonds. The quantitative estimate of drug-likeness (QED) is 0.152. The first-order valence-electron chi connectivity index (χ1n) is 26.4. The highest BCUT2D eigenvalue weighted by Crippen LogP contribution is 2.64. The molecule has 0 bridgehead atoms. The van der Waals surface area contributed by atoms with Gasteiger partial charge in [-0.05, 0) is 140 Å². The second kappa shape index (κ2) is 16.9. The molecule has 1 spiro atoms. The van der Waals surface area contributed by atoms with Gasteiger partial charge in [0, 0.05) is 44.3 Å². The normalized spacial score (nSPS) is 12.8. The highest BCUT2D eigenvalue weighted by atomic mass is 16.3. The third-order valence-electron chi connectivity index (χ3n) is 16.3. The van der Waals surface area contributed by atoms with Gasteiger partial charge in [0.1, 0.15) is 11.2 Å². The Labute approximate surface area is 445 Å². The van der Waals surface area contributed by atoms with Crippen molar-refractivity contribution < 1.29 is 8.83 Å². The predicted molar refractivity (Wildman–Crippen MR) is 318 cm³/mol. The standard InChI is InChI=1S/C73H46N2O2/c1-3-17-47(18-4-1)49-33-37-51(38-34-49)74(67-29-15-25-59-57-23-9-13-31-69(57)76-71(59)67)53-41-43-65-61(45-53)62-46-54(42-44-66(62)73(65)63-27-11-7-21-55(63)56-22-8-12-28-64(56)73)75(52-39-35-50(36-40-52)48-19-5-2-6-20-48)68-30-16-26-60-58-24-10-14-32-70(58)77-72(60)68/h1-46H. The van der Waals surface area contributed by atoms with Crippen LogP contribution in [0.5, 0.6) is 0 Å². The summed E-state index contributed by atoms with van der Waals surface area (Å²) in [6, 6.07) is 101. The van der Waals surface area contributed by atoms with E-state index in [1.165, 1.54) is 55.6 Å². The lowest BCUT2D eigenvalue weighted by molar-refractivity contribution is 0.668. The number of furan rings is 2. The van der Waals surface area contributed by atoms with Crippen molar-refractivity contribution >= 4 is 78.0 Å². The third-order valence-corrected chi connectivity index (χ3v) is 16.3. The van der Waals surface area contributed by atoms with Crippen LogP contribution in [0.3, 0.4) is 0 Å². The molecule has 2 aromatic heterocycles. The molecule has 0 unspecified atom stereocenters. The van der Waals surface area contributed by atoms with E-state index in [1.54, 1.807) is 0 Å². The van der Waals surface area contributed by atoms with Gasteiger partial charge in [-0.1, -0.05) is 206 Å². The Morgan fingerprint density at radius 1 is 0.247 bits per heavy atom. The van der Waals surface area contributed by atoms with Crippen LogP contribution < -0.4 is 9.80 Å². The van der Waals surface area contributed by atoms with Crippen molar-refractivity contribution in [1.29, 1.82) is 0 Å². The van der Waals surface area contributed by atoms with E-state index in [0.717, 1.165) is 89.1 Å². The number of benzene rings is 12. The molecule has 14 aromatic rings. The number of anilines is 6. The molecule has 4 nitrogen and oxygen atoms in total. The summed E-state index contributed by atoms with van der Waals surface area (Å²) >= 11 is 0. The average molecular weight is 983 g/mol. The highest BCUT2D eigenvalue weighted by Gasteiger charge is 2.52. The molecular weight excluding hydrogens is 937 g/mol. The van der Waals surface area contributed by atoms with Crippen molar-refractivity contribution in [2.24, 2.45) is 0 Å². The van der Waals surface area contributed by atoms with Crippen LogP contribution in [-0.2, 0) is 5.41 Å². The van der Waals surface area contributed by atoms with Gasteiger partial charge in [0.2, 0.25) is 0 Å². The molecule has 2 heterocycles. The van der Waals surface area contributed by atoms with Crippen molar-refractivity contribution in [2.45, 2.75) is 5.41 Å². The van der Waals surface area contributed by atoms with Crippen LogP contribution in [0.4, 0.5) is 34.1 Å². The van der Waals surface area contributed by atoms with E-state index in [-0.39, 0.29) is 0 Å². The van der Waals surface area contributed by atoms with Crippen molar-refractivity contribution in [2.75, 3.05) is 9.80 Å². The van der Waals surface area contributed by atoms with E-state index >= 15 is 0 Å². The van der Waals surface area contributed by atoms with Crippen LogP contribution >= 0.6 is 0 Å². The summed E-state index contributed by atoms with van der Waals surface area (Å²) in [5.74, 6) is 0. The van der Waals surface area contributed by atoms with Crippen LogP contribution in [0, 0.1) is 0 Å². The van der Waals surface area contributed by atoms with Crippen LogP contribution in [0.2, 0.25) is 0 Å². The summed E-state index contributed by atoms with van der Waals surface area (Å²) in [5, 5.41) is 4.35. The van der Waals surface area contributed by atoms with E-state index in [0.29, 0.717) is 0 Å². The van der Waals surface area contributed by atoms with Gasteiger partial charge in [-0.15, -0.1) is 0 Å². The Morgan fingerprint density at radius 3 is 1.05 bits per heavy atom. The Hall–Kier alpha value is -10.2. The number of para-hydroxylation sites is 4. The summed E-state index contributed by atoms with van der Waals surface area (Å²) in [6.07, 6.45) is 0. The van der Waals surface area contributed by atoms with Crippen molar-refractivity contribution in [1.82, 2.24) is 0 Å². The molecule has 0 saturated heterocycles. The molecule has 0 atom stereocenters. The SMILES string of the molecule is c1ccc(-c2ccc(N(c3ccc4c(c3)-c3cc(N(c5ccc(-c6ccccc6)cc5)c5cccc6c5oc5ccccc56)ccc3C43c4ccccc4-c4ccccc43)c3cccc4c3oc3ccccc34)cc2)cc1. The minimum absolute atomic E-state index is 0.573. The Kier molecular flexibility index (Phi) is 9.52. The number of nitrogens with zero attached hydrogens (tertiary/aromatic N) is 2. The molecule has 12 aromatic carbocycles. The van der Waals surface area contributed by atoms with Gasteiger partial charge in [-0.2, -0.15) is 0 Å². The zero-order valence-electron chi connectivity index (χ0n) is 41.8. The predicted octanol–water partition coefficient (Wildman–Crippen LogP) is 20.1. The molecular formula is C73H46N2O2. The maximum atomic E-state index is 6.86.